The molecule has 6 atom stereocenters. The second kappa shape index (κ2) is 29.2. The molecule has 1 rings (SSSR count). The van der Waals surface area contributed by atoms with Crippen molar-refractivity contribution >= 4 is 11.9 Å². The minimum Gasteiger partial charge on any atom is -0.463 e. The summed E-state index contributed by atoms with van der Waals surface area (Å²) < 4.78 is 10.3. The minimum atomic E-state index is -1.04. The number of aliphatic hydroxyl groups excluding tert-OH is 4. The van der Waals surface area contributed by atoms with E-state index >= 15 is 0 Å². The van der Waals surface area contributed by atoms with Crippen molar-refractivity contribution in [3.63, 3.8) is 0 Å². The predicted molar refractivity (Wildman–Crippen MR) is 189 cm³/mol. The van der Waals surface area contributed by atoms with Gasteiger partial charge in [0, 0.05) is 25.2 Å². The molecule has 0 radical (unpaired) electrons. The number of aliphatic hydroxyl groups is 4. The lowest BCUT2D eigenvalue weighted by Gasteiger charge is -2.19. The highest BCUT2D eigenvalue weighted by molar-refractivity contribution is 5.69. The molecule has 274 valence electrons. The predicted octanol–water partition coefficient (Wildman–Crippen LogP) is 7.89. The quantitative estimate of drug-likeness (QED) is 0.0346. The first-order chi connectivity index (χ1) is 22.8. The van der Waals surface area contributed by atoms with Crippen molar-refractivity contribution in [2.45, 2.75) is 186 Å². The van der Waals surface area contributed by atoms with Crippen molar-refractivity contribution in [2.75, 3.05) is 13.2 Å². The average molecular weight is 667 g/mol. The zero-order valence-electron chi connectivity index (χ0n) is 29.9. The molecule has 1 aliphatic rings. The molecule has 0 heterocycles. The Morgan fingerprint density at radius 2 is 1.19 bits per heavy atom. The Hall–Kier alpha value is -1.74. The lowest BCUT2D eigenvalue weighted by Crippen LogP contribution is -2.25. The average Bonchev–Trinajstić information content (AvgIpc) is 3.32. The fraction of sp³-hybridized carbons (Fsp3) is 0.846. The standard InChI is InChI=1S/C39H70O8/c1-3-5-7-8-9-10-11-12-13-14-15-16-21-25-38(44)46-30-33(41)31-47-39(45)26-22-18-17-20-24-34-35(37(43)29-36(34)42)28-27-32(40)23-19-6-4-2/h17,20,27-28,32-37,40-43H,3-16,18-19,21-26,29-31H2,1-2H3/b20-17+,28-27+/t32-,33+,34+,35+,36-,37+/m0/s1. The van der Waals surface area contributed by atoms with Crippen molar-refractivity contribution in [2.24, 2.45) is 11.8 Å². The summed E-state index contributed by atoms with van der Waals surface area (Å²) in [5.41, 5.74) is 0. The van der Waals surface area contributed by atoms with Gasteiger partial charge >= 0.3 is 11.9 Å². The largest absolute Gasteiger partial charge is 0.463 e. The van der Waals surface area contributed by atoms with Crippen LogP contribution in [0.15, 0.2) is 24.3 Å². The van der Waals surface area contributed by atoms with Gasteiger partial charge in [-0.15, -0.1) is 0 Å². The molecule has 1 saturated carbocycles. The number of rotatable bonds is 30. The third-order valence-electron chi connectivity index (χ3n) is 9.26. The van der Waals surface area contributed by atoms with Crippen LogP contribution in [0.1, 0.15) is 162 Å². The molecule has 0 aromatic rings. The van der Waals surface area contributed by atoms with Gasteiger partial charge in [0.1, 0.15) is 19.3 Å². The fourth-order valence-corrected chi connectivity index (χ4v) is 6.26. The SMILES string of the molecule is CCCCCCCCCCCCCCCC(=O)OC[C@@H](O)COC(=O)CCC/C=C/C[C@@H]1[C@@H](/C=C/[C@@H](O)CCCCC)[C@H](O)C[C@@H]1O. The van der Waals surface area contributed by atoms with E-state index in [9.17, 15) is 30.0 Å². The first-order valence-electron chi connectivity index (χ1n) is 19.1. The minimum absolute atomic E-state index is 0.115. The van der Waals surface area contributed by atoms with Crippen LogP contribution in [0.3, 0.4) is 0 Å². The Morgan fingerprint density at radius 3 is 1.77 bits per heavy atom. The summed E-state index contributed by atoms with van der Waals surface area (Å²) in [7, 11) is 0. The van der Waals surface area contributed by atoms with Gasteiger partial charge in [0.15, 0.2) is 0 Å². The summed E-state index contributed by atoms with van der Waals surface area (Å²) in [6, 6.07) is 0. The van der Waals surface area contributed by atoms with E-state index in [1.54, 1.807) is 6.08 Å². The Balaban J connectivity index is 2.07. The molecule has 0 saturated heterocycles. The monoisotopic (exact) mass is 667 g/mol. The number of hydrogen-bond donors (Lipinski definition) is 4. The molecule has 47 heavy (non-hydrogen) atoms. The lowest BCUT2D eigenvalue weighted by molar-refractivity contribution is -0.152. The van der Waals surface area contributed by atoms with Crippen LogP contribution < -0.4 is 0 Å². The molecular formula is C39H70O8. The Morgan fingerprint density at radius 1 is 0.681 bits per heavy atom. The molecule has 4 N–H and O–H groups in total. The normalized spacial score (nSPS) is 21.1. The summed E-state index contributed by atoms with van der Waals surface area (Å²) in [6.07, 6.45) is 27.5. The highest BCUT2D eigenvalue weighted by Crippen LogP contribution is 2.36. The van der Waals surface area contributed by atoms with Gasteiger partial charge in [0.25, 0.3) is 0 Å². The maximum absolute atomic E-state index is 12.1. The fourth-order valence-electron chi connectivity index (χ4n) is 6.26. The molecule has 0 unspecified atom stereocenters. The van der Waals surface area contributed by atoms with Crippen LogP contribution in [0.2, 0.25) is 0 Å². The van der Waals surface area contributed by atoms with Gasteiger partial charge in [-0.05, 0) is 38.0 Å². The zero-order valence-corrected chi connectivity index (χ0v) is 29.9. The number of esters is 2. The summed E-state index contributed by atoms with van der Waals surface area (Å²) >= 11 is 0. The van der Waals surface area contributed by atoms with E-state index in [1.165, 1.54) is 64.2 Å². The number of unbranched alkanes of at least 4 members (excludes halogenated alkanes) is 15. The molecule has 1 fully saturated rings. The van der Waals surface area contributed by atoms with Gasteiger partial charge < -0.3 is 29.9 Å². The maximum Gasteiger partial charge on any atom is 0.305 e. The third-order valence-corrected chi connectivity index (χ3v) is 9.26. The molecule has 0 bridgehead atoms. The maximum atomic E-state index is 12.1. The molecule has 8 nitrogen and oxygen atoms in total. The summed E-state index contributed by atoms with van der Waals surface area (Å²) in [4.78, 5) is 24.0. The lowest BCUT2D eigenvalue weighted by atomic mass is 9.89. The summed E-state index contributed by atoms with van der Waals surface area (Å²) in [5.74, 6) is -1.05. The van der Waals surface area contributed by atoms with E-state index in [1.807, 2.05) is 18.2 Å². The van der Waals surface area contributed by atoms with Gasteiger partial charge in [-0.1, -0.05) is 134 Å². The van der Waals surface area contributed by atoms with Crippen molar-refractivity contribution < 1.29 is 39.5 Å². The van der Waals surface area contributed by atoms with Crippen LogP contribution in [0, 0.1) is 11.8 Å². The highest BCUT2D eigenvalue weighted by atomic mass is 16.6. The third kappa shape index (κ3) is 23.3. The van der Waals surface area contributed by atoms with E-state index in [0.29, 0.717) is 38.5 Å². The van der Waals surface area contributed by atoms with Crippen LogP contribution in [0.25, 0.3) is 0 Å². The summed E-state index contributed by atoms with van der Waals surface area (Å²) in [6.45, 7) is 3.99. The Kier molecular flexibility index (Phi) is 26.9. The van der Waals surface area contributed by atoms with Crippen LogP contribution in [-0.2, 0) is 19.1 Å². The molecule has 8 heteroatoms. The van der Waals surface area contributed by atoms with Gasteiger partial charge in [-0.25, -0.2) is 0 Å². The second-order valence-electron chi connectivity index (χ2n) is 13.7. The Bertz CT molecular complexity index is 828. The number of allylic oxidation sites excluding steroid dienone is 2. The molecular weight excluding hydrogens is 596 g/mol. The van der Waals surface area contributed by atoms with Crippen LogP contribution >= 0.6 is 0 Å². The second-order valence-corrected chi connectivity index (χ2v) is 13.7. The molecule has 1 aliphatic carbocycles. The Labute approximate surface area is 286 Å². The molecule has 0 aromatic heterocycles. The van der Waals surface area contributed by atoms with Crippen molar-refractivity contribution in [3.05, 3.63) is 24.3 Å². The smallest absolute Gasteiger partial charge is 0.305 e. The van der Waals surface area contributed by atoms with Gasteiger partial charge in [0.2, 0.25) is 0 Å². The van der Waals surface area contributed by atoms with Crippen molar-refractivity contribution in [1.29, 1.82) is 0 Å². The van der Waals surface area contributed by atoms with Crippen LogP contribution in [0.5, 0.6) is 0 Å². The highest BCUT2D eigenvalue weighted by Gasteiger charge is 2.39. The van der Waals surface area contributed by atoms with Gasteiger partial charge in [-0.3, -0.25) is 9.59 Å². The first-order valence-corrected chi connectivity index (χ1v) is 19.1. The van der Waals surface area contributed by atoms with Crippen LogP contribution in [-0.4, -0.2) is 70.0 Å². The number of carbonyl (C=O) groups excluding carboxylic acids is 2. The number of ether oxygens (including phenoxy) is 2. The molecule has 0 aliphatic heterocycles. The topological polar surface area (TPSA) is 134 Å². The van der Waals surface area contributed by atoms with E-state index in [2.05, 4.69) is 13.8 Å². The van der Waals surface area contributed by atoms with E-state index < -0.39 is 30.4 Å². The van der Waals surface area contributed by atoms with Gasteiger partial charge in [0.05, 0.1) is 18.3 Å². The van der Waals surface area contributed by atoms with E-state index in [4.69, 9.17) is 9.47 Å². The van der Waals surface area contributed by atoms with Crippen LogP contribution in [0.4, 0.5) is 0 Å². The van der Waals surface area contributed by atoms with Gasteiger partial charge in [-0.2, -0.15) is 0 Å². The molecule has 0 aromatic carbocycles. The van der Waals surface area contributed by atoms with Crippen molar-refractivity contribution in [1.82, 2.24) is 0 Å². The van der Waals surface area contributed by atoms with E-state index in [-0.39, 0.29) is 37.4 Å². The first kappa shape index (κ1) is 43.3. The zero-order chi connectivity index (χ0) is 34.5. The van der Waals surface area contributed by atoms with Crippen molar-refractivity contribution in [3.8, 4) is 0 Å². The summed E-state index contributed by atoms with van der Waals surface area (Å²) in [5, 5.41) is 41.1. The van der Waals surface area contributed by atoms with E-state index in [0.717, 1.165) is 38.5 Å². The number of carbonyl (C=O) groups is 2. The molecule has 0 amide bonds. The number of hydrogen-bond acceptors (Lipinski definition) is 8. The molecule has 0 spiro atoms.